The molecule has 0 saturated carbocycles. The molecule has 0 radical (unpaired) electrons. The van der Waals surface area contributed by atoms with Crippen molar-refractivity contribution in [1.82, 2.24) is 15.1 Å². The largest absolute Gasteiger partial charge is 0.388 e. The van der Waals surface area contributed by atoms with Gasteiger partial charge in [0.15, 0.2) is 0 Å². The van der Waals surface area contributed by atoms with Crippen LogP contribution in [0.15, 0.2) is 6.07 Å². The van der Waals surface area contributed by atoms with E-state index < -0.39 is 5.60 Å². The first kappa shape index (κ1) is 12.6. The first-order valence-corrected chi connectivity index (χ1v) is 6.65. The summed E-state index contributed by atoms with van der Waals surface area (Å²) in [4.78, 5) is 0. The van der Waals surface area contributed by atoms with Crippen molar-refractivity contribution in [2.24, 2.45) is 0 Å². The zero-order chi connectivity index (χ0) is 12.3. The maximum Gasteiger partial charge on any atom is 0.0867 e. The second-order valence-corrected chi connectivity index (χ2v) is 4.97. The van der Waals surface area contributed by atoms with Gasteiger partial charge in [-0.05, 0) is 44.8 Å². The Labute approximate surface area is 103 Å². The molecule has 0 unspecified atom stereocenters. The van der Waals surface area contributed by atoms with E-state index in [4.69, 9.17) is 0 Å². The molecule has 0 bridgehead atoms. The van der Waals surface area contributed by atoms with Gasteiger partial charge in [0.1, 0.15) is 0 Å². The fourth-order valence-electron chi connectivity index (χ4n) is 2.44. The summed E-state index contributed by atoms with van der Waals surface area (Å²) in [7, 11) is 0. The SMILES string of the molecule is CCc1cc(CC)n(CC2(O)CCNCC2)n1. The number of nitrogens with zero attached hydrogens (tertiary/aromatic N) is 2. The Kier molecular flexibility index (Phi) is 3.84. The quantitative estimate of drug-likeness (QED) is 0.825. The lowest BCUT2D eigenvalue weighted by molar-refractivity contribution is -0.00893. The van der Waals surface area contributed by atoms with Crippen LogP contribution in [0.2, 0.25) is 0 Å². The van der Waals surface area contributed by atoms with E-state index in [0.717, 1.165) is 44.5 Å². The maximum atomic E-state index is 10.5. The molecular formula is C13H23N3O. The van der Waals surface area contributed by atoms with Crippen LogP contribution < -0.4 is 5.32 Å². The summed E-state index contributed by atoms with van der Waals surface area (Å²) in [6.45, 7) is 6.70. The van der Waals surface area contributed by atoms with Gasteiger partial charge in [0.25, 0.3) is 0 Å². The van der Waals surface area contributed by atoms with Crippen LogP contribution in [0.3, 0.4) is 0 Å². The van der Waals surface area contributed by atoms with E-state index in [9.17, 15) is 5.11 Å². The van der Waals surface area contributed by atoms with Crippen LogP contribution in [0.5, 0.6) is 0 Å². The highest BCUT2D eigenvalue weighted by Gasteiger charge is 2.30. The normalized spacial score (nSPS) is 19.5. The summed E-state index contributed by atoms with van der Waals surface area (Å²) >= 11 is 0. The summed E-state index contributed by atoms with van der Waals surface area (Å²) in [5.74, 6) is 0. The lowest BCUT2D eigenvalue weighted by Crippen LogP contribution is -2.45. The molecular weight excluding hydrogens is 214 g/mol. The molecule has 4 heteroatoms. The third-order valence-corrected chi connectivity index (χ3v) is 3.62. The van der Waals surface area contributed by atoms with E-state index in [2.05, 4.69) is 30.3 Å². The van der Waals surface area contributed by atoms with Gasteiger partial charge in [-0.15, -0.1) is 0 Å². The Balaban J connectivity index is 2.13. The molecule has 1 aliphatic rings. The molecule has 0 aromatic carbocycles. The smallest absolute Gasteiger partial charge is 0.0867 e. The van der Waals surface area contributed by atoms with Gasteiger partial charge in [0, 0.05) is 5.69 Å². The maximum absolute atomic E-state index is 10.5. The Hall–Kier alpha value is -0.870. The lowest BCUT2D eigenvalue weighted by Gasteiger charge is -2.32. The molecule has 1 aromatic rings. The molecule has 2 rings (SSSR count). The zero-order valence-corrected chi connectivity index (χ0v) is 10.9. The zero-order valence-electron chi connectivity index (χ0n) is 10.9. The highest BCUT2D eigenvalue weighted by molar-refractivity contribution is 5.11. The Morgan fingerprint density at radius 2 is 2.06 bits per heavy atom. The first-order chi connectivity index (χ1) is 8.17. The molecule has 2 N–H and O–H groups in total. The number of hydrogen-bond acceptors (Lipinski definition) is 3. The van der Waals surface area contributed by atoms with Gasteiger partial charge in [0.2, 0.25) is 0 Å². The second-order valence-electron chi connectivity index (χ2n) is 4.97. The minimum atomic E-state index is -0.577. The Morgan fingerprint density at radius 3 is 2.65 bits per heavy atom. The fourth-order valence-corrected chi connectivity index (χ4v) is 2.44. The number of aryl methyl sites for hydroxylation is 2. The number of aliphatic hydroxyl groups is 1. The Bertz CT molecular complexity index is 367. The van der Waals surface area contributed by atoms with Crippen molar-refractivity contribution < 1.29 is 5.11 Å². The van der Waals surface area contributed by atoms with Crippen LogP contribution in [0.25, 0.3) is 0 Å². The van der Waals surface area contributed by atoms with Gasteiger partial charge < -0.3 is 10.4 Å². The standard InChI is InChI=1S/C13H23N3O/c1-3-11-9-12(4-2)16(15-11)10-13(17)5-7-14-8-6-13/h9,14,17H,3-8,10H2,1-2H3. The minimum Gasteiger partial charge on any atom is -0.388 e. The average Bonchev–Trinajstić information content (AvgIpc) is 2.71. The van der Waals surface area contributed by atoms with E-state index in [1.54, 1.807) is 0 Å². The van der Waals surface area contributed by atoms with Gasteiger partial charge in [-0.2, -0.15) is 5.10 Å². The van der Waals surface area contributed by atoms with Crippen LogP contribution in [-0.2, 0) is 19.4 Å². The van der Waals surface area contributed by atoms with Crippen molar-refractivity contribution in [3.8, 4) is 0 Å². The molecule has 1 saturated heterocycles. The monoisotopic (exact) mass is 237 g/mol. The summed E-state index contributed by atoms with van der Waals surface area (Å²) in [5, 5.41) is 18.4. The molecule has 0 amide bonds. The third kappa shape index (κ3) is 2.87. The first-order valence-electron chi connectivity index (χ1n) is 6.65. The molecule has 2 heterocycles. The highest BCUT2D eigenvalue weighted by Crippen LogP contribution is 2.21. The topological polar surface area (TPSA) is 50.1 Å². The molecule has 1 aromatic heterocycles. The summed E-state index contributed by atoms with van der Waals surface area (Å²) in [6, 6.07) is 2.16. The summed E-state index contributed by atoms with van der Waals surface area (Å²) in [5.41, 5.74) is 1.78. The van der Waals surface area contributed by atoms with E-state index in [0.29, 0.717) is 6.54 Å². The molecule has 1 aliphatic heterocycles. The number of nitrogens with one attached hydrogen (secondary N) is 1. The van der Waals surface area contributed by atoms with Crippen LogP contribution in [0, 0.1) is 0 Å². The van der Waals surface area contributed by atoms with Gasteiger partial charge in [0.05, 0.1) is 17.8 Å². The molecule has 96 valence electrons. The Morgan fingerprint density at radius 1 is 1.35 bits per heavy atom. The van der Waals surface area contributed by atoms with Crippen molar-refractivity contribution in [2.75, 3.05) is 13.1 Å². The van der Waals surface area contributed by atoms with Crippen molar-refractivity contribution in [1.29, 1.82) is 0 Å². The molecule has 0 atom stereocenters. The van der Waals surface area contributed by atoms with Gasteiger partial charge in [-0.1, -0.05) is 13.8 Å². The van der Waals surface area contributed by atoms with Crippen molar-refractivity contribution in [3.05, 3.63) is 17.5 Å². The second kappa shape index (κ2) is 5.19. The van der Waals surface area contributed by atoms with E-state index in [1.807, 2.05) is 4.68 Å². The number of piperidine rings is 1. The number of rotatable bonds is 4. The highest BCUT2D eigenvalue weighted by atomic mass is 16.3. The van der Waals surface area contributed by atoms with Gasteiger partial charge >= 0.3 is 0 Å². The number of hydrogen-bond donors (Lipinski definition) is 2. The van der Waals surface area contributed by atoms with Crippen molar-refractivity contribution in [2.45, 2.75) is 51.7 Å². The van der Waals surface area contributed by atoms with E-state index >= 15 is 0 Å². The minimum absolute atomic E-state index is 0.577. The molecule has 17 heavy (non-hydrogen) atoms. The van der Waals surface area contributed by atoms with E-state index in [-0.39, 0.29) is 0 Å². The van der Waals surface area contributed by atoms with E-state index in [1.165, 1.54) is 5.69 Å². The van der Waals surface area contributed by atoms with Crippen LogP contribution in [0.4, 0.5) is 0 Å². The summed E-state index contributed by atoms with van der Waals surface area (Å²) in [6.07, 6.45) is 3.57. The van der Waals surface area contributed by atoms with Crippen LogP contribution in [0.1, 0.15) is 38.1 Å². The van der Waals surface area contributed by atoms with Crippen molar-refractivity contribution >= 4 is 0 Å². The fraction of sp³-hybridized carbons (Fsp3) is 0.769. The predicted octanol–water partition coefficient (Wildman–Crippen LogP) is 1.12. The van der Waals surface area contributed by atoms with Crippen LogP contribution >= 0.6 is 0 Å². The van der Waals surface area contributed by atoms with Crippen molar-refractivity contribution in [3.63, 3.8) is 0 Å². The molecule has 0 aliphatic carbocycles. The van der Waals surface area contributed by atoms with Gasteiger partial charge in [-0.25, -0.2) is 0 Å². The lowest BCUT2D eigenvalue weighted by atomic mass is 9.92. The molecule has 1 fully saturated rings. The third-order valence-electron chi connectivity index (χ3n) is 3.62. The van der Waals surface area contributed by atoms with Crippen LogP contribution in [-0.4, -0.2) is 33.6 Å². The molecule has 4 nitrogen and oxygen atoms in total. The van der Waals surface area contributed by atoms with Gasteiger partial charge in [-0.3, -0.25) is 4.68 Å². The molecule has 0 spiro atoms. The number of aromatic nitrogens is 2. The average molecular weight is 237 g/mol. The predicted molar refractivity (Wildman–Crippen MR) is 68.0 cm³/mol. The summed E-state index contributed by atoms with van der Waals surface area (Å²) < 4.78 is 2.00.